The van der Waals surface area contributed by atoms with Crippen molar-refractivity contribution in [1.82, 2.24) is 25.2 Å². The predicted octanol–water partition coefficient (Wildman–Crippen LogP) is 3.19. The number of benzene rings is 1. The highest BCUT2D eigenvalue weighted by molar-refractivity contribution is 7.85. The predicted molar refractivity (Wildman–Crippen MR) is 143 cm³/mol. The minimum absolute atomic E-state index is 0.205. The van der Waals surface area contributed by atoms with Gasteiger partial charge in [0.1, 0.15) is 11.6 Å². The fourth-order valence-corrected chi connectivity index (χ4v) is 4.63. The standard InChI is InChI=1S/C25H27F2N5O2.CH4O3S/c1-34-23-5-4-21-25(31-23)17(6-9-28-21)22(33)14-32-10-7-15(8-11-32)29-13-16-12-18-19(26)2-3-20(27)24(18)30-16;1-5(2,3)4/h2-6,9,12,15,22,29-30,33H,7-8,10-11,13-14H2,1H3;1H3,(H,2,3,4)/t22-;/m0./s1. The van der Waals surface area contributed by atoms with Crippen LogP contribution in [0.25, 0.3) is 21.9 Å². The minimum Gasteiger partial charge on any atom is -0.481 e. The Kier molecular flexibility index (Phi) is 9.08. The van der Waals surface area contributed by atoms with Crippen molar-refractivity contribution < 1.29 is 31.6 Å². The zero-order valence-corrected chi connectivity index (χ0v) is 22.4. The fraction of sp³-hybridized carbons (Fsp3) is 0.385. The molecule has 13 heteroatoms. The topological polar surface area (TPSA) is 141 Å². The van der Waals surface area contributed by atoms with Gasteiger partial charge in [0.15, 0.2) is 0 Å². The molecule has 0 unspecified atom stereocenters. The molecule has 0 spiro atoms. The van der Waals surface area contributed by atoms with Crippen LogP contribution in [0.2, 0.25) is 0 Å². The Morgan fingerprint density at radius 1 is 1.18 bits per heavy atom. The quantitative estimate of drug-likeness (QED) is 0.250. The summed E-state index contributed by atoms with van der Waals surface area (Å²) < 4.78 is 58.9. The number of aromatic nitrogens is 3. The van der Waals surface area contributed by atoms with Crippen molar-refractivity contribution in [2.24, 2.45) is 0 Å². The van der Waals surface area contributed by atoms with Gasteiger partial charge in [0.05, 0.1) is 36.0 Å². The molecule has 5 rings (SSSR count). The van der Waals surface area contributed by atoms with Gasteiger partial charge in [-0.15, -0.1) is 0 Å². The molecule has 10 nitrogen and oxygen atoms in total. The molecular formula is C26H31F2N5O5S. The van der Waals surface area contributed by atoms with Crippen LogP contribution < -0.4 is 10.1 Å². The van der Waals surface area contributed by atoms with Crippen molar-refractivity contribution in [3.63, 3.8) is 0 Å². The van der Waals surface area contributed by atoms with Crippen molar-refractivity contribution in [1.29, 1.82) is 0 Å². The number of aliphatic hydroxyl groups is 1. The largest absolute Gasteiger partial charge is 0.481 e. The van der Waals surface area contributed by atoms with E-state index in [2.05, 4.69) is 25.2 Å². The zero-order chi connectivity index (χ0) is 28.2. The Morgan fingerprint density at radius 3 is 2.54 bits per heavy atom. The van der Waals surface area contributed by atoms with Crippen molar-refractivity contribution >= 4 is 32.1 Å². The third kappa shape index (κ3) is 7.67. The van der Waals surface area contributed by atoms with E-state index in [9.17, 15) is 22.3 Å². The number of H-pyrrole nitrogens is 1. The number of hydrogen-bond donors (Lipinski definition) is 4. The summed E-state index contributed by atoms with van der Waals surface area (Å²) >= 11 is 0. The number of likely N-dealkylation sites (tertiary alicyclic amines) is 1. The van der Waals surface area contributed by atoms with E-state index in [1.165, 1.54) is 0 Å². The number of β-amino-alcohol motifs (C(OH)–C–C–N with tert-alkyl or cyclic N) is 1. The van der Waals surface area contributed by atoms with Crippen molar-refractivity contribution in [3.8, 4) is 5.88 Å². The molecule has 4 N–H and O–H groups in total. The highest BCUT2D eigenvalue weighted by Gasteiger charge is 2.23. The van der Waals surface area contributed by atoms with Crippen molar-refractivity contribution in [3.05, 3.63) is 65.5 Å². The number of methoxy groups -OCH3 is 1. The number of nitrogens with zero attached hydrogens (tertiary/aromatic N) is 3. The maximum absolute atomic E-state index is 13.9. The SMILES string of the molecule is COc1ccc2nccc([C@@H](O)CN3CCC(NCc4cc5c(F)ccc(F)c5[nH]4)CC3)c2n1.CS(=O)(=O)O. The van der Waals surface area contributed by atoms with Gasteiger partial charge in [-0.1, -0.05) is 0 Å². The Hall–Kier alpha value is -3.23. The molecule has 1 saturated heterocycles. The van der Waals surface area contributed by atoms with E-state index in [0.717, 1.165) is 54.8 Å². The second kappa shape index (κ2) is 12.3. The Balaban J connectivity index is 0.000000648. The molecule has 1 aliphatic rings. The van der Waals surface area contributed by atoms with E-state index >= 15 is 0 Å². The first-order valence-electron chi connectivity index (χ1n) is 12.3. The first kappa shape index (κ1) is 28.8. The van der Waals surface area contributed by atoms with Crippen LogP contribution >= 0.6 is 0 Å². The lowest BCUT2D eigenvalue weighted by molar-refractivity contribution is 0.0947. The van der Waals surface area contributed by atoms with E-state index in [1.54, 1.807) is 31.5 Å². The number of pyridine rings is 2. The van der Waals surface area contributed by atoms with Crippen molar-refractivity contribution in [2.45, 2.75) is 31.5 Å². The van der Waals surface area contributed by atoms with Gasteiger partial charge in [-0.2, -0.15) is 8.42 Å². The van der Waals surface area contributed by atoms with Gasteiger partial charge < -0.3 is 25.0 Å². The van der Waals surface area contributed by atoms with Crippen LogP contribution in [0.3, 0.4) is 0 Å². The summed E-state index contributed by atoms with van der Waals surface area (Å²) in [5.74, 6) is -0.396. The number of aromatic amines is 1. The Morgan fingerprint density at radius 2 is 1.87 bits per heavy atom. The molecule has 0 bridgehead atoms. The Bertz CT molecular complexity index is 1490. The number of hydrogen-bond acceptors (Lipinski definition) is 8. The maximum atomic E-state index is 13.9. The Labute approximate surface area is 224 Å². The molecule has 4 aromatic rings. The van der Waals surface area contributed by atoms with Gasteiger partial charge in [-0.3, -0.25) is 9.54 Å². The van der Waals surface area contributed by atoms with Gasteiger partial charge in [-0.25, -0.2) is 13.8 Å². The van der Waals surface area contributed by atoms with Crippen molar-refractivity contribution in [2.75, 3.05) is 33.0 Å². The zero-order valence-electron chi connectivity index (χ0n) is 21.6. The monoisotopic (exact) mass is 563 g/mol. The van der Waals surface area contributed by atoms with E-state index in [-0.39, 0.29) is 10.9 Å². The second-order valence-corrected chi connectivity index (χ2v) is 10.9. The molecule has 210 valence electrons. The molecule has 0 saturated carbocycles. The number of halogens is 2. The average molecular weight is 564 g/mol. The molecule has 0 radical (unpaired) electrons. The summed E-state index contributed by atoms with van der Waals surface area (Å²) in [5, 5.41) is 14.7. The second-order valence-electron chi connectivity index (χ2n) is 9.44. The number of fused-ring (bicyclic) bond motifs is 2. The lowest BCUT2D eigenvalue weighted by Crippen LogP contribution is -2.43. The lowest BCUT2D eigenvalue weighted by Gasteiger charge is -2.33. The first-order chi connectivity index (χ1) is 18.5. The molecular weight excluding hydrogens is 532 g/mol. The van der Waals surface area contributed by atoms with Gasteiger partial charge in [0.2, 0.25) is 5.88 Å². The molecule has 1 atom stereocenters. The van der Waals surface area contributed by atoms with Gasteiger partial charge in [0.25, 0.3) is 10.1 Å². The summed E-state index contributed by atoms with van der Waals surface area (Å²) in [5.41, 5.74) is 3.07. The number of piperidine rings is 1. The number of aliphatic hydroxyl groups excluding tert-OH is 1. The van der Waals surface area contributed by atoms with Crippen LogP contribution in [0, 0.1) is 11.6 Å². The summed E-state index contributed by atoms with van der Waals surface area (Å²) in [6.45, 7) is 2.69. The lowest BCUT2D eigenvalue weighted by atomic mass is 10.0. The van der Waals surface area contributed by atoms with Gasteiger partial charge >= 0.3 is 0 Å². The number of nitrogens with one attached hydrogen (secondary N) is 2. The summed E-state index contributed by atoms with van der Waals surface area (Å²) in [6, 6.07) is 9.64. The van der Waals surface area contributed by atoms with Crippen LogP contribution in [-0.2, 0) is 16.7 Å². The molecule has 1 fully saturated rings. The van der Waals surface area contributed by atoms with Crippen LogP contribution in [0.4, 0.5) is 8.78 Å². The van der Waals surface area contributed by atoms with Crippen LogP contribution in [0.15, 0.2) is 42.6 Å². The third-order valence-electron chi connectivity index (χ3n) is 6.50. The van der Waals surface area contributed by atoms with E-state index in [1.807, 2.05) is 6.07 Å². The summed E-state index contributed by atoms with van der Waals surface area (Å²) in [4.78, 5) is 14.0. The highest BCUT2D eigenvalue weighted by atomic mass is 32.2. The summed E-state index contributed by atoms with van der Waals surface area (Å²) in [7, 11) is -2.10. The molecule has 0 amide bonds. The molecule has 3 aromatic heterocycles. The average Bonchev–Trinajstić information content (AvgIpc) is 3.34. The minimum atomic E-state index is -3.67. The third-order valence-corrected chi connectivity index (χ3v) is 6.50. The highest BCUT2D eigenvalue weighted by Crippen LogP contribution is 2.26. The van der Waals surface area contributed by atoms with Crippen LogP contribution in [0.5, 0.6) is 5.88 Å². The number of rotatable bonds is 7. The molecule has 0 aliphatic carbocycles. The summed E-state index contributed by atoms with van der Waals surface area (Å²) in [6.07, 6.45) is 3.54. The van der Waals surface area contributed by atoms with E-state index in [0.29, 0.717) is 36.8 Å². The molecule has 1 aliphatic heterocycles. The maximum Gasteiger partial charge on any atom is 0.261 e. The van der Waals surface area contributed by atoms with Gasteiger partial charge in [-0.05, 0) is 56.3 Å². The van der Waals surface area contributed by atoms with Gasteiger partial charge in [0, 0.05) is 48.0 Å². The van der Waals surface area contributed by atoms with Crippen LogP contribution in [0.1, 0.15) is 30.2 Å². The molecule has 1 aromatic carbocycles. The number of ether oxygens (including phenoxy) is 1. The van der Waals surface area contributed by atoms with E-state index < -0.39 is 27.9 Å². The smallest absolute Gasteiger partial charge is 0.261 e. The molecule has 4 heterocycles. The first-order valence-corrected chi connectivity index (χ1v) is 14.2. The molecule has 39 heavy (non-hydrogen) atoms. The normalized spacial score (nSPS) is 15.7. The van der Waals surface area contributed by atoms with E-state index in [4.69, 9.17) is 9.29 Å². The van der Waals surface area contributed by atoms with Crippen LogP contribution in [-0.4, -0.2) is 77.0 Å². The fourth-order valence-electron chi connectivity index (χ4n) is 4.63.